The third kappa shape index (κ3) is 7.03. The maximum atomic E-state index is 11.3. The molecule has 0 aliphatic rings. The van der Waals surface area contributed by atoms with Gasteiger partial charge in [0.25, 0.3) is 0 Å². The summed E-state index contributed by atoms with van der Waals surface area (Å²) in [4.78, 5) is 8.61. The van der Waals surface area contributed by atoms with Gasteiger partial charge >= 0.3 is 0 Å². The Kier molecular flexibility index (Phi) is 7.81. The number of aromatic nitrogens is 1. The zero-order chi connectivity index (χ0) is 19.7. The van der Waals surface area contributed by atoms with Crippen LogP contribution in [0.5, 0.6) is 0 Å². The van der Waals surface area contributed by atoms with Crippen LogP contribution in [0.25, 0.3) is 11.5 Å². The number of nitrogens with one attached hydrogen (secondary N) is 3. The molecule has 2 rings (SSSR count). The summed E-state index contributed by atoms with van der Waals surface area (Å²) >= 11 is 0. The molecule has 2 aromatic rings. The molecule has 3 N–H and O–H groups in total. The molecule has 0 spiro atoms. The monoisotopic (exact) mass is 393 g/mol. The van der Waals surface area contributed by atoms with E-state index >= 15 is 0 Å². The first kappa shape index (κ1) is 20.9. The molecule has 148 valence electrons. The van der Waals surface area contributed by atoms with Gasteiger partial charge < -0.3 is 15.1 Å². The zero-order valence-electron chi connectivity index (χ0n) is 15.9. The predicted molar refractivity (Wildman–Crippen MR) is 107 cm³/mol. The number of aryl methyl sites for hydroxylation is 1. The molecule has 0 amide bonds. The highest BCUT2D eigenvalue weighted by Gasteiger charge is 2.08. The SMILES string of the molecule is CCS(=O)(=O)NCCCNC(=NC)NCc1coc(-c2ccc(C)cc2)n1. The van der Waals surface area contributed by atoms with Gasteiger partial charge in [0.1, 0.15) is 6.26 Å². The smallest absolute Gasteiger partial charge is 0.226 e. The van der Waals surface area contributed by atoms with Crippen LogP contribution in [-0.4, -0.2) is 45.3 Å². The molecule has 0 aliphatic heterocycles. The summed E-state index contributed by atoms with van der Waals surface area (Å²) in [5.74, 6) is 1.29. The molecule has 0 aliphatic carbocycles. The Morgan fingerprint density at radius 1 is 1.19 bits per heavy atom. The first-order chi connectivity index (χ1) is 12.9. The number of sulfonamides is 1. The Balaban J connectivity index is 1.75. The van der Waals surface area contributed by atoms with Gasteiger partial charge in [-0.15, -0.1) is 0 Å². The molecular formula is C18H27N5O3S. The van der Waals surface area contributed by atoms with Crippen molar-refractivity contribution in [3.8, 4) is 11.5 Å². The lowest BCUT2D eigenvalue weighted by Crippen LogP contribution is -2.38. The topological polar surface area (TPSA) is 109 Å². The van der Waals surface area contributed by atoms with Crippen LogP contribution in [0.2, 0.25) is 0 Å². The Morgan fingerprint density at radius 2 is 1.93 bits per heavy atom. The molecule has 9 heteroatoms. The van der Waals surface area contributed by atoms with Crippen molar-refractivity contribution >= 4 is 16.0 Å². The van der Waals surface area contributed by atoms with Crippen molar-refractivity contribution in [3.63, 3.8) is 0 Å². The molecular weight excluding hydrogens is 366 g/mol. The summed E-state index contributed by atoms with van der Waals surface area (Å²) < 4.78 is 30.8. The van der Waals surface area contributed by atoms with E-state index in [-0.39, 0.29) is 5.75 Å². The van der Waals surface area contributed by atoms with Gasteiger partial charge in [-0.1, -0.05) is 17.7 Å². The third-order valence-corrected chi connectivity index (χ3v) is 5.26. The van der Waals surface area contributed by atoms with Gasteiger partial charge in [-0.25, -0.2) is 18.1 Å². The third-order valence-electron chi connectivity index (χ3n) is 3.86. The van der Waals surface area contributed by atoms with Crippen LogP contribution in [0.3, 0.4) is 0 Å². The van der Waals surface area contributed by atoms with Gasteiger partial charge in [-0.2, -0.15) is 0 Å². The van der Waals surface area contributed by atoms with Gasteiger partial charge in [0.2, 0.25) is 15.9 Å². The van der Waals surface area contributed by atoms with E-state index in [1.807, 2.05) is 31.2 Å². The van der Waals surface area contributed by atoms with E-state index in [0.717, 1.165) is 11.3 Å². The molecule has 1 aromatic carbocycles. The molecule has 0 radical (unpaired) electrons. The normalized spacial score (nSPS) is 12.2. The maximum Gasteiger partial charge on any atom is 0.226 e. The second-order valence-electron chi connectivity index (χ2n) is 6.01. The first-order valence-corrected chi connectivity index (χ1v) is 10.5. The van der Waals surface area contributed by atoms with Gasteiger partial charge in [0, 0.05) is 25.7 Å². The van der Waals surface area contributed by atoms with E-state index in [1.54, 1.807) is 20.2 Å². The highest BCUT2D eigenvalue weighted by Crippen LogP contribution is 2.18. The van der Waals surface area contributed by atoms with Gasteiger partial charge in [-0.05, 0) is 32.4 Å². The van der Waals surface area contributed by atoms with Crippen LogP contribution in [0.15, 0.2) is 39.9 Å². The number of guanidine groups is 1. The van der Waals surface area contributed by atoms with Gasteiger partial charge in [-0.3, -0.25) is 4.99 Å². The molecule has 0 unspecified atom stereocenters. The van der Waals surface area contributed by atoms with Crippen LogP contribution in [-0.2, 0) is 16.6 Å². The van der Waals surface area contributed by atoms with E-state index < -0.39 is 10.0 Å². The Morgan fingerprint density at radius 3 is 2.59 bits per heavy atom. The Bertz CT molecular complexity index is 844. The number of oxazole rings is 1. The molecule has 1 heterocycles. The van der Waals surface area contributed by atoms with Crippen molar-refractivity contribution < 1.29 is 12.8 Å². The fraction of sp³-hybridized carbons (Fsp3) is 0.444. The van der Waals surface area contributed by atoms with Crippen molar-refractivity contribution in [2.24, 2.45) is 4.99 Å². The number of hydrogen-bond acceptors (Lipinski definition) is 5. The fourth-order valence-electron chi connectivity index (χ4n) is 2.24. The Hall–Kier alpha value is -2.39. The van der Waals surface area contributed by atoms with E-state index in [0.29, 0.717) is 37.9 Å². The fourth-order valence-corrected chi connectivity index (χ4v) is 2.90. The lowest BCUT2D eigenvalue weighted by molar-refractivity contribution is 0.572. The summed E-state index contributed by atoms with van der Waals surface area (Å²) in [6, 6.07) is 7.99. The first-order valence-electron chi connectivity index (χ1n) is 8.87. The molecule has 27 heavy (non-hydrogen) atoms. The molecule has 0 bridgehead atoms. The molecule has 1 aromatic heterocycles. The van der Waals surface area contributed by atoms with Crippen LogP contribution in [0, 0.1) is 6.92 Å². The Labute approximate surface area is 160 Å². The standard InChI is InChI=1S/C18H27N5O3S/c1-4-27(24,25)22-11-5-10-20-18(19-3)21-12-16-13-26-17(23-16)15-8-6-14(2)7-9-15/h6-9,13,22H,4-5,10-12H2,1-3H3,(H2,19,20,21). The van der Waals surface area contributed by atoms with Crippen molar-refractivity contribution in [1.29, 1.82) is 0 Å². The van der Waals surface area contributed by atoms with Crippen LogP contribution in [0.4, 0.5) is 0 Å². The van der Waals surface area contributed by atoms with Crippen molar-refractivity contribution in [1.82, 2.24) is 20.3 Å². The largest absolute Gasteiger partial charge is 0.444 e. The second kappa shape index (κ2) is 10.1. The van der Waals surface area contributed by atoms with Crippen molar-refractivity contribution in [2.75, 3.05) is 25.9 Å². The van der Waals surface area contributed by atoms with Crippen LogP contribution < -0.4 is 15.4 Å². The van der Waals surface area contributed by atoms with Crippen LogP contribution in [0.1, 0.15) is 24.6 Å². The summed E-state index contributed by atoms with van der Waals surface area (Å²) in [6.07, 6.45) is 2.27. The molecule has 0 saturated carbocycles. The highest BCUT2D eigenvalue weighted by atomic mass is 32.2. The predicted octanol–water partition coefficient (Wildman–Crippen LogP) is 1.64. The van der Waals surface area contributed by atoms with Crippen LogP contribution >= 0.6 is 0 Å². The number of benzene rings is 1. The minimum atomic E-state index is -3.14. The van der Waals surface area contributed by atoms with E-state index in [4.69, 9.17) is 4.42 Å². The number of rotatable bonds is 9. The summed E-state index contributed by atoms with van der Waals surface area (Å²) in [6.45, 7) is 5.10. The van der Waals surface area contributed by atoms with Crippen molar-refractivity contribution in [3.05, 3.63) is 41.8 Å². The van der Waals surface area contributed by atoms with E-state index in [9.17, 15) is 8.42 Å². The summed E-state index contributed by atoms with van der Waals surface area (Å²) in [5.41, 5.74) is 2.89. The second-order valence-corrected chi connectivity index (χ2v) is 8.11. The number of nitrogens with zero attached hydrogens (tertiary/aromatic N) is 2. The molecule has 0 atom stereocenters. The molecule has 0 fully saturated rings. The molecule has 8 nitrogen and oxygen atoms in total. The summed E-state index contributed by atoms with van der Waals surface area (Å²) in [5, 5.41) is 6.29. The lowest BCUT2D eigenvalue weighted by Gasteiger charge is -2.11. The van der Waals surface area contributed by atoms with E-state index in [2.05, 4.69) is 25.3 Å². The summed E-state index contributed by atoms with van der Waals surface area (Å²) in [7, 11) is -1.46. The lowest BCUT2D eigenvalue weighted by atomic mass is 10.1. The molecule has 0 saturated heterocycles. The van der Waals surface area contributed by atoms with Crippen molar-refractivity contribution in [2.45, 2.75) is 26.8 Å². The average Bonchev–Trinajstić information content (AvgIpc) is 3.13. The minimum absolute atomic E-state index is 0.0892. The minimum Gasteiger partial charge on any atom is -0.444 e. The maximum absolute atomic E-state index is 11.3. The zero-order valence-corrected chi connectivity index (χ0v) is 16.8. The number of hydrogen-bond donors (Lipinski definition) is 3. The van der Waals surface area contributed by atoms with E-state index in [1.165, 1.54) is 5.56 Å². The average molecular weight is 394 g/mol. The quantitative estimate of drug-likeness (QED) is 0.340. The highest BCUT2D eigenvalue weighted by molar-refractivity contribution is 7.89. The van der Waals surface area contributed by atoms with Gasteiger partial charge in [0.05, 0.1) is 18.0 Å². The number of aliphatic imine (C=N–C) groups is 1. The van der Waals surface area contributed by atoms with Gasteiger partial charge in [0.15, 0.2) is 5.96 Å².